The lowest BCUT2D eigenvalue weighted by Gasteiger charge is -2.26. The number of carbonyl (C=O) groups excluding carboxylic acids is 1. The van der Waals surface area contributed by atoms with Gasteiger partial charge < -0.3 is 19.7 Å². The first-order chi connectivity index (χ1) is 19.0. The molecule has 1 fully saturated rings. The quantitative estimate of drug-likeness (QED) is 0.362. The molecule has 1 aliphatic rings. The molecule has 3 aromatic rings. The van der Waals surface area contributed by atoms with Crippen molar-refractivity contribution in [3.05, 3.63) is 89.5 Å². The first kappa shape index (κ1) is 29.4. The molecule has 2 atom stereocenters. The number of alkyl halides is 3. The Morgan fingerprint density at radius 2 is 1.65 bits per heavy atom. The van der Waals surface area contributed by atoms with E-state index in [1.807, 2.05) is 12.1 Å². The van der Waals surface area contributed by atoms with Crippen molar-refractivity contribution in [3.8, 4) is 5.75 Å². The van der Waals surface area contributed by atoms with Crippen LogP contribution in [0.1, 0.15) is 34.8 Å². The van der Waals surface area contributed by atoms with Gasteiger partial charge in [0.05, 0.1) is 35.4 Å². The zero-order valence-electron chi connectivity index (χ0n) is 22.1. The highest BCUT2D eigenvalue weighted by molar-refractivity contribution is 7.91. The number of halogens is 3. The van der Waals surface area contributed by atoms with Gasteiger partial charge in [-0.15, -0.1) is 0 Å². The Hall–Kier alpha value is -3.57. The molecule has 1 heterocycles. The fourth-order valence-electron chi connectivity index (χ4n) is 4.61. The topological polar surface area (TPSA) is 84.9 Å². The summed E-state index contributed by atoms with van der Waals surface area (Å²) in [6.45, 7) is 2.78. The molecule has 4 rings (SSSR count). The Kier molecular flexibility index (Phi) is 9.05. The summed E-state index contributed by atoms with van der Waals surface area (Å²) < 4.78 is 73.8. The van der Waals surface area contributed by atoms with Crippen molar-refractivity contribution in [2.75, 3.05) is 30.9 Å². The fraction of sp³-hybridized carbons (Fsp3) is 0.345. The van der Waals surface area contributed by atoms with E-state index < -0.39 is 21.6 Å². The molecule has 0 aromatic heterocycles. The minimum absolute atomic E-state index is 0.0105. The average molecular weight is 577 g/mol. The van der Waals surface area contributed by atoms with Gasteiger partial charge in [0, 0.05) is 31.3 Å². The molecule has 1 amide bonds. The lowest BCUT2D eigenvalue weighted by Crippen LogP contribution is -2.33. The third-order valence-corrected chi connectivity index (χ3v) is 8.55. The second-order valence-corrected chi connectivity index (χ2v) is 11.8. The SMILES string of the molecule is CCS(=O)(=O)c1ccc(CNC(=O)c2ccc(N3C[C@H](Oc4ccc(C(F)(F)F)cc4)C[C@H]3COC)cc2)cc1. The highest BCUT2D eigenvalue weighted by atomic mass is 32.2. The normalized spacial score (nSPS) is 17.6. The summed E-state index contributed by atoms with van der Waals surface area (Å²) in [7, 11) is -1.68. The van der Waals surface area contributed by atoms with E-state index in [4.69, 9.17) is 9.47 Å². The number of nitrogens with one attached hydrogen (secondary N) is 1. The van der Waals surface area contributed by atoms with E-state index in [-0.39, 0.29) is 35.2 Å². The summed E-state index contributed by atoms with van der Waals surface area (Å²) in [5.41, 5.74) is 1.38. The van der Waals surface area contributed by atoms with E-state index in [9.17, 15) is 26.4 Å². The van der Waals surface area contributed by atoms with Crippen LogP contribution in [0.2, 0.25) is 0 Å². The number of hydrogen-bond acceptors (Lipinski definition) is 6. The molecule has 0 spiro atoms. The van der Waals surface area contributed by atoms with Gasteiger partial charge in [-0.2, -0.15) is 13.2 Å². The monoisotopic (exact) mass is 576 g/mol. The molecule has 1 saturated heterocycles. The maximum Gasteiger partial charge on any atom is 0.416 e. The van der Waals surface area contributed by atoms with Gasteiger partial charge in [-0.3, -0.25) is 4.79 Å². The summed E-state index contributed by atoms with van der Waals surface area (Å²) in [6, 6.07) is 18.2. The van der Waals surface area contributed by atoms with Crippen molar-refractivity contribution in [2.45, 2.75) is 43.1 Å². The molecule has 0 saturated carbocycles. The lowest BCUT2D eigenvalue weighted by atomic mass is 10.1. The zero-order chi connectivity index (χ0) is 28.9. The van der Waals surface area contributed by atoms with Crippen LogP contribution in [-0.4, -0.2) is 52.5 Å². The maximum atomic E-state index is 12.9. The van der Waals surface area contributed by atoms with Gasteiger partial charge in [0.2, 0.25) is 0 Å². The van der Waals surface area contributed by atoms with Crippen LogP contribution < -0.4 is 15.0 Å². The van der Waals surface area contributed by atoms with Gasteiger partial charge in [0.1, 0.15) is 11.9 Å². The highest BCUT2D eigenvalue weighted by Gasteiger charge is 2.34. The molecular formula is C29H31F3N2O5S. The van der Waals surface area contributed by atoms with Gasteiger partial charge in [-0.05, 0) is 66.2 Å². The third-order valence-electron chi connectivity index (χ3n) is 6.80. The van der Waals surface area contributed by atoms with E-state index in [0.717, 1.165) is 23.4 Å². The van der Waals surface area contributed by atoms with Gasteiger partial charge in [0.15, 0.2) is 9.84 Å². The summed E-state index contributed by atoms with van der Waals surface area (Å²) >= 11 is 0. The van der Waals surface area contributed by atoms with Crippen molar-refractivity contribution in [1.82, 2.24) is 5.32 Å². The third kappa shape index (κ3) is 7.14. The minimum Gasteiger partial charge on any atom is -0.489 e. The number of hydrogen-bond donors (Lipinski definition) is 1. The number of nitrogens with zero attached hydrogens (tertiary/aromatic N) is 1. The molecule has 7 nitrogen and oxygen atoms in total. The van der Waals surface area contributed by atoms with Crippen molar-refractivity contribution in [3.63, 3.8) is 0 Å². The molecule has 1 aliphatic heterocycles. The number of sulfone groups is 1. The second-order valence-electron chi connectivity index (χ2n) is 9.54. The molecule has 11 heteroatoms. The molecule has 214 valence electrons. The van der Waals surface area contributed by atoms with Crippen molar-refractivity contribution >= 4 is 21.4 Å². The molecule has 40 heavy (non-hydrogen) atoms. The number of methoxy groups -OCH3 is 1. The molecule has 0 aliphatic carbocycles. The van der Waals surface area contributed by atoms with Crippen LogP contribution in [0.5, 0.6) is 5.75 Å². The molecule has 0 bridgehead atoms. The van der Waals surface area contributed by atoms with E-state index in [0.29, 0.717) is 30.9 Å². The van der Waals surface area contributed by atoms with Crippen LogP contribution in [0, 0.1) is 0 Å². The van der Waals surface area contributed by atoms with Crippen LogP contribution in [0.15, 0.2) is 77.7 Å². The number of ether oxygens (including phenoxy) is 2. The Morgan fingerprint density at radius 3 is 2.23 bits per heavy atom. The first-order valence-electron chi connectivity index (χ1n) is 12.8. The lowest BCUT2D eigenvalue weighted by molar-refractivity contribution is -0.137. The van der Waals surface area contributed by atoms with Gasteiger partial charge in [-0.25, -0.2) is 8.42 Å². The Balaban J connectivity index is 1.36. The zero-order valence-corrected chi connectivity index (χ0v) is 23.0. The van der Waals surface area contributed by atoms with Crippen molar-refractivity contribution in [2.24, 2.45) is 0 Å². The maximum absolute atomic E-state index is 12.9. The van der Waals surface area contributed by atoms with Crippen LogP contribution >= 0.6 is 0 Å². The van der Waals surface area contributed by atoms with Crippen LogP contribution in [0.3, 0.4) is 0 Å². The fourth-order valence-corrected chi connectivity index (χ4v) is 5.49. The number of rotatable bonds is 10. The molecule has 3 aromatic carbocycles. The molecule has 1 N–H and O–H groups in total. The summed E-state index contributed by atoms with van der Waals surface area (Å²) in [5, 5.41) is 2.84. The van der Waals surface area contributed by atoms with Crippen LogP contribution in [-0.2, 0) is 27.3 Å². The largest absolute Gasteiger partial charge is 0.489 e. The summed E-state index contributed by atoms with van der Waals surface area (Å²) in [4.78, 5) is 15.1. The molecule has 0 radical (unpaired) electrons. The van der Waals surface area contributed by atoms with Crippen molar-refractivity contribution < 1.29 is 35.9 Å². The Morgan fingerprint density at radius 1 is 1.00 bits per heavy atom. The van der Waals surface area contributed by atoms with Crippen molar-refractivity contribution in [1.29, 1.82) is 0 Å². The van der Waals surface area contributed by atoms with Gasteiger partial charge >= 0.3 is 6.18 Å². The second kappa shape index (κ2) is 12.3. The first-order valence-corrected chi connectivity index (χ1v) is 14.4. The Labute approximate surface area is 231 Å². The number of amides is 1. The summed E-state index contributed by atoms with van der Waals surface area (Å²) in [6.07, 6.45) is -4.03. The number of anilines is 1. The Bertz CT molecular complexity index is 1390. The average Bonchev–Trinajstić information content (AvgIpc) is 3.34. The standard InChI is InChI=1S/C29H31F3N2O5S/c1-3-40(36,37)27-14-4-20(5-15-27)17-33-28(35)21-6-10-23(11-7-21)34-18-26(16-24(34)19-38-2)39-25-12-8-22(9-13-25)29(30,31)32/h4-15,24,26H,3,16-19H2,1-2H3,(H,33,35)/t24-,26+/m0/s1. The van der Waals surface area contributed by atoms with Gasteiger partial charge in [0.25, 0.3) is 5.91 Å². The predicted octanol–water partition coefficient (Wildman–Crippen LogP) is 5.10. The summed E-state index contributed by atoms with van der Waals surface area (Å²) in [5.74, 6) is 0.120. The number of carbonyl (C=O) groups is 1. The van der Waals surface area contributed by atoms with E-state index in [2.05, 4.69) is 10.2 Å². The van der Waals surface area contributed by atoms with E-state index in [1.54, 1.807) is 38.3 Å². The van der Waals surface area contributed by atoms with Crippen LogP contribution in [0.4, 0.5) is 18.9 Å². The minimum atomic E-state index is -4.40. The highest BCUT2D eigenvalue weighted by Crippen LogP contribution is 2.32. The van der Waals surface area contributed by atoms with Crippen LogP contribution in [0.25, 0.3) is 0 Å². The van der Waals surface area contributed by atoms with E-state index in [1.165, 1.54) is 24.3 Å². The smallest absolute Gasteiger partial charge is 0.416 e. The number of benzene rings is 3. The predicted molar refractivity (Wildman–Crippen MR) is 145 cm³/mol. The van der Waals surface area contributed by atoms with E-state index >= 15 is 0 Å². The molecular weight excluding hydrogens is 545 g/mol. The molecule has 0 unspecified atom stereocenters. The van der Waals surface area contributed by atoms with Gasteiger partial charge in [-0.1, -0.05) is 19.1 Å².